The number of carbonyl (C=O) groups excluding carboxylic acids is 1. The standard InChI is InChI=1S/C13H15F11O/c1-2-3-4-5-6-8(7-25)9(14,15)10(16,17)11(18,19)12(20,21)13(22,23)24/h7-8H,2-6H2,1H3/t8-/m0/s1. The van der Waals surface area contributed by atoms with Crippen LogP contribution in [0.5, 0.6) is 0 Å². The fourth-order valence-electron chi connectivity index (χ4n) is 1.94. The molecule has 0 spiro atoms. The second-order valence-corrected chi connectivity index (χ2v) is 5.44. The fraction of sp³-hybridized carbons (Fsp3) is 0.923. The van der Waals surface area contributed by atoms with Crippen molar-refractivity contribution in [3.63, 3.8) is 0 Å². The minimum absolute atomic E-state index is 0.150. The fourth-order valence-corrected chi connectivity index (χ4v) is 1.94. The summed E-state index contributed by atoms with van der Waals surface area (Å²) in [6.07, 6.45) is -8.28. The third-order valence-electron chi connectivity index (χ3n) is 3.56. The summed E-state index contributed by atoms with van der Waals surface area (Å²) in [6, 6.07) is 0. The van der Waals surface area contributed by atoms with Gasteiger partial charge in [0.1, 0.15) is 6.29 Å². The Balaban J connectivity index is 5.72. The number of alkyl halides is 11. The van der Waals surface area contributed by atoms with Crippen LogP contribution in [0.3, 0.4) is 0 Å². The molecule has 0 aromatic heterocycles. The van der Waals surface area contributed by atoms with Crippen molar-refractivity contribution in [3.05, 3.63) is 0 Å². The van der Waals surface area contributed by atoms with Crippen LogP contribution in [0, 0.1) is 5.92 Å². The third kappa shape index (κ3) is 4.18. The molecule has 0 bridgehead atoms. The summed E-state index contributed by atoms with van der Waals surface area (Å²) in [5.74, 6) is -31.3. The van der Waals surface area contributed by atoms with Crippen LogP contribution in [0.2, 0.25) is 0 Å². The predicted molar refractivity (Wildman–Crippen MR) is 64.2 cm³/mol. The molecule has 0 N–H and O–H groups in total. The second kappa shape index (κ2) is 7.65. The van der Waals surface area contributed by atoms with E-state index in [4.69, 9.17) is 0 Å². The summed E-state index contributed by atoms with van der Waals surface area (Å²) in [6.45, 7) is 1.68. The van der Waals surface area contributed by atoms with Gasteiger partial charge in [-0.15, -0.1) is 0 Å². The Morgan fingerprint density at radius 2 is 1.20 bits per heavy atom. The van der Waals surface area contributed by atoms with E-state index in [0.717, 1.165) is 0 Å². The van der Waals surface area contributed by atoms with Crippen LogP contribution in [0.15, 0.2) is 0 Å². The molecule has 0 aliphatic rings. The van der Waals surface area contributed by atoms with Crippen molar-refractivity contribution in [1.82, 2.24) is 0 Å². The molecule has 0 amide bonds. The molecular formula is C13H15F11O. The van der Waals surface area contributed by atoms with E-state index in [9.17, 15) is 53.1 Å². The maximum atomic E-state index is 13.6. The summed E-state index contributed by atoms with van der Waals surface area (Å²) < 4.78 is 141. The van der Waals surface area contributed by atoms with Crippen LogP contribution in [0.4, 0.5) is 48.3 Å². The van der Waals surface area contributed by atoms with E-state index in [1.807, 2.05) is 0 Å². The highest BCUT2D eigenvalue weighted by Gasteiger charge is 2.87. The van der Waals surface area contributed by atoms with Crippen molar-refractivity contribution >= 4 is 6.29 Å². The summed E-state index contributed by atoms with van der Waals surface area (Å²) in [7, 11) is 0. The molecule has 0 rings (SSSR count). The van der Waals surface area contributed by atoms with E-state index in [0.29, 0.717) is 12.8 Å². The van der Waals surface area contributed by atoms with Crippen LogP contribution in [0.25, 0.3) is 0 Å². The Hall–Kier alpha value is -1.10. The molecule has 0 heterocycles. The number of hydrogen-bond donors (Lipinski definition) is 0. The smallest absolute Gasteiger partial charge is 0.303 e. The van der Waals surface area contributed by atoms with Crippen molar-refractivity contribution in [2.24, 2.45) is 5.92 Å². The van der Waals surface area contributed by atoms with Crippen LogP contribution < -0.4 is 0 Å². The van der Waals surface area contributed by atoms with Crippen molar-refractivity contribution in [1.29, 1.82) is 0 Å². The highest BCUT2D eigenvalue weighted by molar-refractivity contribution is 5.55. The monoisotopic (exact) mass is 396 g/mol. The molecule has 12 heteroatoms. The van der Waals surface area contributed by atoms with Crippen LogP contribution in [-0.4, -0.2) is 36.2 Å². The average molecular weight is 396 g/mol. The van der Waals surface area contributed by atoms with Gasteiger partial charge in [-0.1, -0.05) is 32.6 Å². The van der Waals surface area contributed by atoms with Gasteiger partial charge in [0.25, 0.3) is 0 Å². The van der Waals surface area contributed by atoms with Gasteiger partial charge in [0.05, 0.1) is 5.92 Å². The van der Waals surface area contributed by atoms with Gasteiger partial charge in [0.2, 0.25) is 0 Å². The number of halogens is 11. The molecule has 1 atom stereocenters. The molecule has 0 fully saturated rings. The van der Waals surface area contributed by atoms with E-state index >= 15 is 0 Å². The lowest BCUT2D eigenvalue weighted by atomic mass is 9.87. The minimum Gasteiger partial charge on any atom is -0.303 e. The lowest BCUT2D eigenvalue weighted by Crippen LogP contribution is -2.67. The second-order valence-electron chi connectivity index (χ2n) is 5.44. The number of hydrogen-bond acceptors (Lipinski definition) is 1. The average Bonchev–Trinajstić information content (AvgIpc) is 2.45. The van der Waals surface area contributed by atoms with Gasteiger partial charge < -0.3 is 4.79 Å². The van der Waals surface area contributed by atoms with Gasteiger partial charge in [-0.3, -0.25) is 0 Å². The zero-order valence-electron chi connectivity index (χ0n) is 12.8. The number of rotatable bonds is 10. The third-order valence-corrected chi connectivity index (χ3v) is 3.56. The molecule has 0 saturated carbocycles. The van der Waals surface area contributed by atoms with E-state index in [-0.39, 0.29) is 12.8 Å². The maximum absolute atomic E-state index is 13.6. The predicted octanol–water partition coefficient (Wildman–Crippen LogP) is 5.88. The SMILES string of the molecule is CCCCCC[C@@H](C=O)C(F)(F)C(F)(F)C(F)(F)C(F)(F)C(F)(F)F. The zero-order chi connectivity index (χ0) is 20.3. The Morgan fingerprint density at radius 3 is 1.56 bits per heavy atom. The Morgan fingerprint density at radius 1 is 0.720 bits per heavy atom. The molecule has 0 saturated heterocycles. The lowest BCUT2D eigenvalue weighted by Gasteiger charge is -2.39. The van der Waals surface area contributed by atoms with E-state index < -0.39 is 48.5 Å². The van der Waals surface area contributed by atoms with E-state index in [2.05, 4.69) is 0 Å². The Labute approximate surface area is 135 Å². The summed E-state index contributed by atoms with van der Waals surface area (Å²) in [5.41, 5.74) is 0. The number of carbonyl (C=O) groups is 1. The van der Waals surface area contributed by atoms with Gasteiger partial charge in [0.15, 0.2) is 0 Å². The summed E-state index contributed by atoms with van der Waals surface area (Å²) in [4.78, 5) is 10.6. The first-order valence-corrected chi connectivity index (χ1v) is 7.05. The first-order valence-electron chi connectivity index (χ1n) is 7.05. The molecule has 1 nitrogen and oxygen atoms in total. The Kier molecular flexibility index (Phi) is 7.31. The van der Waals surface area contributed by atoms with Crippen molar-refractivity contribution < 1.29 is 53.1 Å². The first-order chi connectivity index (χ1) is 11.0. The van der Waals surface area contributed by atoms with Crippen LogP contribution >= 0.6 is 0 Å². The highest BCUT2D eigenvalue weighted by atomic mass is 19.4. The van der Waals surface area contributed by atoms with Crippen molar-refractivity contribution in [3.8, 4) is 0 Å². The first kappa shape index (κ1) is 23.9. The normalized spacial score (nSPS) is 16.0. The highest BCUT2D eigenvalue weighted by Crippen LogP contribution is 2.58. The van der Waals surface area contributed by atoms with Gasteiger partial charge in [-0.2, -0.15) is 48.3 Å². The quantitative estimate of drug-likeness (QED) is 0.256. The molecule has 0 unspecified atom stereocenters. The lowest BCUT2D eigenvalue weighted by molar-refractivity contribution is -0.425. The summed E-state index contributed by atoms with van der Waals surface area (Å²) >= 11 is 0. The molecule has 150 valence electrons. The van der Waals surface area contributed by atoms with E-state index in [1.165, 1.54) is 0 Å². The van der Waals surface area contributed by atoms with Gasteiger partial charge in [0, 0.05) is 0 Å². The largest absolute Gasteiger partial charge is 0.460 e. The molecular weight excluding hydrogens is 381 g/mol. The molecule has 0 aromatic rings. The molecule has 25 heavy (non-hydrogen) atoms. The van der Waals surface area contributed by atoms with Crippen LogP contribution in [0.1, 0.15) is 39.0 Å². The van der Waals surface area contributed by atoms with Crippen molar-refractivity contribution in [2.75, 3.05) is 0 Å². The van der Waals surface area contributed by atoms with Crippen molar-refractivity contribution in [2.45, 2.75) is 68.9 Å². The molecule has 0 radical (unpaired) electrons. The van der Waals surface area contributed by atoms with Gasteiger partial charge in [-0.25, -0.2) is 0 Å². The number of unbranched alkanes of at least 4 members (excludes halogenated alkanes) is 3. The Bertz CT molecular complexity index is 442. The van der Waals surface area contributed by atoms with E-state index in [1.54, 1.807) is 6.92 Å². The number of aldehydes is 1. The summed E-state index contributed by atoms with van der Waals surface area (Å²) in [5, 5.41) is 0. The van der Waals surface area contributed by atoms with Gasteiger partial charge >= 0.3 is 29.9 Å². The minimum atomic E-state index is -7.47. The van der Waals surface area contributed by atoms with Crippen LogP contribution in [-0.2, 0) is 4.79 Å². The maximum Gasteiger partial charge on any atom is 0.460 e. The molecule has 0 aliphatic carbocycles. The molecule has 0 aliphatic heterocycles. The topological polar surface area (TPSA) is 17.1 Å². The molecule has 0 aromatic carbocycles. The van der Waals surface area contributed by atoms with Gasteiger partial charge in [-0.05, 0) is 6.42 Å². The zero-order valence-corrected chi connectivity index (χ0v) is 12.8.